The van der Waals surface area contributed by atoms with Gasteiger partial charge in [-0.3, -0.25) is 14.3 Å². The minimum Gasteiger partial charge on any atom is -0.376 e. The van der Waals surface area contributed by atoms with Crippen LogP contribution in [0.15, 0.2) is 29.2 Å². The largest absolute Gasteiger partial charge is 0.376 e. The summed E-state index contributed by atoms with van der Waals surface area (Å²) in [5, 5.41) is 10.5. The first-order chi connectivity index (χ1) is 8.99. The van der Waals surface area contributed by atoms with Gasteiger partial charge in [0.05, 0.1) is 22.5 Å². The fourth-order valence-electron chi connectivity index (χ4n) is 1.74. The number of nitro benzene ring substituents is 1. The highest BCUT2D eigenvalue weighted by molar-refractivity contribution is 7.86. The summed E-state index contributed by atoms with van der Waals surface area (Å²) in [5.41, 5.74) is -0.168. The van der Waals surface area contributed by atoms with E-state index in [1.54, 1.807) is 0 Å². The smallest absolute Gasteiger partial charge is 0.297 e. The fourth-order valence-corrected chi connectivity index (χ4v) is 2.68. The van der Waals surface area contributed by atoms with E-state index in [4.69, 9.17) is 8.92 Å². The van der Waals surface area contributed by atoms with E-state index in [1.165, 1.54) is 0 Å². The first-order valence-electron chi connectivity index (χ1n) is 5.74. The second kappa shape index (κ2) is 5.64. The van der Waals surface area contributed by atoms with Gasteiger partial charge in [0.1, 0.15) is 0 Å². The molecule has 19 heavy (non-hydrogen) atoms. The number of rotatable bonds is 5. The topological polar surface area (TPSA) is 95.7 Å². The van der Waals surface area contributed by atoms with Crippen LogP contribution in [0.5, 0.6) is 0 Å². The Balaban J connectivity index is 2.03. The van der Waals surface area contributed by atoms with Crippen LogP contribution in [0.3, 0.4) is 0 Å². The highest BCUT2D eigenvalue weighted by Gasteiger charge is 2.22. The molecule has 1 aliphatic rings. The van der Waals surface area contributed by atoms with Gasteiger partial charge in [0.15, 0.2) is 0 Å². The van der Waals surface area contributed by atoms with E-state index in [2.05, 4.69) is 0 Å². The molecule has 0 bridgehead atoms. The quantitative estimate of drug-likeness (QED) is 0.462. The monoisotopic (exact) mass is 287 g/mol. The van der Waals surface area contributed by atoms with E-state index in [9.17, 15) is 18.5 Å². The first-order valence-corrected chi connectivity index (χ1v) is 7.15. The van der Waals surface area contributed by atoms with Gasteiger partial charge in [0.25, 0.3) is 15.8 Å². The van der Waals surface area contributed by atoms with E-state index >= 15 is 0 Å². The number of nitrogens with zero attached hydrogens (tertiary/aromatic N) is 1. The molecular formula is C11H13NO6S. The molecule has 7 nitrogen and oxygen atoms in total. The van der Waals surface area contributed by atoms with Crippen LogP contribution in [0.2, 0.25) is 0 Å². The SMILES string of the molecule is O=[N+]([O-])c1ccc(S(=O)(=O)OCC2CCCO2)cc1. The highest BCUT2D eigenvalue weighted by atomic mass is 32.2. The summed E-state index contributed by atoms with van der Waals surface area (Å²) in [6.45, 7) is 0.588. The van der Waals surface area contributed by atoms with E-state index in [0.717, 1.165) is 37.1 Å². The van der Waals surface area contributed by atoms with Crippen molar-refractivity contribution in [3.05, 3.63) is 34.4 Å². The Hall–Kier alpha value is -1.51. The van der Waals surface area contributed by atoms with Gasteiger partial charge in [-0.25, -0.2) is 0 Å². The van der Waals surface area contributed by atoms with Crippen molar-refractivity contribution < 1.29 is 22.3 Å². The lowest BCUT2D eigenvalue weighted by Gasteiger charge is -2.10. The van der Waals surface area contributed by atoms with Gasteiger partial charge >= 0.3 is 0 Å². The van der Waals surface area contributed by atoms with Crippen LogP contribution in [-0.2, 0) is 19.0 Å². The molecule has 1 aliphatic heterocycles. The summed E-state index contributed by atoms with van der Waals surface area (Å²) in [4.78, 5) is 9.78. The zero-order valence-corrected chi connectivity index (χ0v) is 10.8. The maximum atomic E-state index is 11.8. The molecule has 0 spiro atoms. The van der Waals surface area contributed by atoms with Gasteiger partial charge in [0, 0.05) is 18.7 Å². The lowest BCUT2D eigenvalue weighted by molar-refractivity contribution is -0.384. The number of non-ortho nitro benzene ring substituents is 1. The Morgan fingerprint density at radius 2 is 2.05 bits per heavy atom. The van der Waals surface area contributed by atoms with Crippen LogP contribution < -0.4 is 0 Å². The van der Waals surface area contributed by atoms with Crippen molar-refractivity contribution >= 4 is 15.8 Å². The molecule has 0 aromatic heterocycles. The maximum absolute atomic E-state index is 11.8. The average molecular weight is 287 g/mol. The molecule has 0 saturated carbocycles. The minimum atomic E-state index is -3.89. The number of benzene rings is 1. The normalized spacial score (nSPS) is 19.5. The molecule has 1 atom stereocenters. The summed E-state index contributed by atoms with van der Waals surface area (Å²) in [6, 6.07) is 4.57. The van der Waals surface area contributed by atoms with Crippen molar-refractivity contribution in [3.8, 4) is 0 Å². The van der Waals surface area contributed by atoms with Crippen molar-refractivity contribution in [2.45, 2.75) is 23.8 Å². The van der Waals surface area contributed by atoms with Gasteiger partial charge in [-0.05, 0) is 25.0 Å². The highest BCUT2D eigenvalue weighted by Crippen LogP contribution is 2.19. The van der Waals surface area contributed by atoms with Crippen LogP contribution in [0.1, 0.15) is 12.8 Å². The third kappa shape index (κ3) is 3.49. The van der Waals surface area contributed by atoms with Gasteiger partial charge in [-0.1, -0.05) is 0 Å². The summed E-state index contributed by atoms with van der Waals surface area (Å²) in [7, 11) is -3.89. The Bertz CT molecular complexity index is 547. The Kier molecular flexibility index (Phi) is 4.13. The van der Waals surface area contributed by atoms with Gasteiger partial charge < -0.3 is 4.74 Å². The lowest BCUT2D eigenvalue weighted by Crippen LogP contribution is -2.18. The van der Waals surface area contributed by atoms with Crippen LogP contribution >= 0.6 is 0 Å². The molecule has 1 fully saturated rings. The first kappa shape index (κ1) is 13.9. The van der Waals surface area contributed by atoms with Crippen molar-refractivity contribution in [3.63, 3.8) is 0 Å². The van der Waals surface area contributed by atoms with E-state index in [0.29, 0.717) is 6.61 Å². The lowest BCUT2D eigenvalue weighted by atomic mass is 10.2. The maximum Gasteiger partial charge on any atom is 0.297 e. The summed E-state index contributed by atoms with van der Waals surface area (Å²) >= 11 is 0. The molecule has 0 N–H and O–H groups in total. The molecule has 1 aromatic rings. The average Bonchev–Trinajstić information content (AvgIpc) is 2.90. The second-order valence-electron chi connectivity index (χ2n) is 4.12. The molecule has 2 rings (SSSR count). The summed E-state index contributed by atoms with van der Waals surface area (Å²) in [6.07, 6.45) is 1.47. The fraction of sp³-hybridized carbons (Fsp3) is 0.455. The predicted molar refractivity (Wildman–Crippen MR) is 65.2 cm³/mol. The Labute approximate surface area is 110 Å². The second-order valence-corrected chi connectivity index (χ2v) is 5.74. The van der Waals surface area contributed by atoms with Crippen molar-refractivity contribution in [1.82, 2.24) is 0 Å². The Morgan fingerprint density at radius 3 is 2.58 bits per heavy atom. The zero-order valence-electron chi connectivity index (χ0n) is 10.0. The van der Waals surface area contributed by atoms with Gasteiger partial charge in [0.2, 0.25) is 0 Å². The molecule has 1 unspecified atom stereocenters. The van der Waals surface area contributed by atoms with E-state index in [1.807, 2.05) is 0 Å². The molecule has 1 saturated heterocycles. The molecule has 1 aromatic carbocycles. The molecule has 104 valence electrons. The minimum absolute atomic E-state index is 0.0285. The number of hydrogen-bond acceptors (Lipinski definition) is 6. The molecule has 0 radical (unpaired) electrons. The van der Waals surface area contributed by atoms with E-state index < -0.39 is 15.0 Å². The molecular weight excluding hydrogens is 274 g/mol. The van der Waals surface area contributed by atoms with Crippen molar-refractivity contribution in [2.24, 2.45) is 0 Å². The molecule has 0 aliphatic carbocycles. The standard InChI is InChI=1S/C11H13NO6S/c13-12(14)9-3-5-11(6-4-9)19(15,16)18-8-10-2-1-7-17-10/h3-6,10H,1-2,7-8H2. The summed E-state index contributed by atoms with van der Waals surface area (Å²) in [5.74, 6) is 0. The van der Waals surface area contributed by atoms with Crippen molar-refractivity contribution in [1.29, 1.82) is 0 Å². The molecule has 1 heterocycles. The van der Waals surface area contributed by atoms with Crippen LogP contribution in [0.25, 0.3) is 0 Å². The molecule has 8 heteroatoms. The Morgan fingerprint density at radius 1 is 1.37 bits per heavy atom. The number of ether oxygens (including phenoxy) is 1. The van der Waals surface area contributed by atoms with Crippen LogP contribution in [0, 0.1) is 10.1 Å². The van der Waals surface area contributed by atoms with Crippen LogP contribution in [-0.4, -0.2) is 32.7 Å². The number of nitro groups is 1. The van der Waals surface area contributed by atoms with Crippen LogP contribution in [0.4, 0.5) is 5.69 Å². The third-order valence-corrected chi connectivity index (χ3v) is 4.07. The summed E-state index contributed by atoms with van der Waals surface area (Å²) < 4.78 is 33.8. The van der Waals surface area contributed by atoms with E-state index in [-0.39, 0.29) is 23.3 Å². The molecule has 0 amide bonds. The zero-order chi connectivity index (χ0) is 13.9. The predicted octanol–water partition coefficient (Wildman–Crippen LogP) is 1.48. The van der Waals surface area contributed by atoms with Gasteiger partial charge in [-0.15, -0.1) is 0 Å². The number of hydrogen-bond donors (Lipinski definition) is 0. The van der Waals surface area contributed by atoms with Crippen molar-refractivity contribution in [2.75, 3.05) is 13.2 Å². The van der Waals surface area contributed by atoms with Gasteiger partial charge in [-0.2, -0.15) is 8.42 Å². The third-order valence-electron chi connectivity index (χ3n) is 2.77.